The number of rotatable bonds is 6. The van der Waals surface area contributed by atoms with Crippen molar-refractivity contribution in [3.8, 4) is 11.1 Å². The average molecular weight is 279 g/mol. The zero-order valence-corrected chi connectivity index (χ0v) is 13.3. The third-order valence-electron chi connectivity index (χ3n) is 3.67. The van der Waals surface area contributed by atoms with Crippen molar-refractivity contribution in [1.82, 2.24) is 0 Å². The number of benzene rings is 2. The van der Waals surface area contributed by atoms with Crippen LogP contribution >= 0.6 is 0 Å². The van der Waals surface area contributed by atoms with Crippen LogP contribution in [-0.2, 0) is 0 Å². The van der Waals surface area contributed by atoms with Gasteiger partial charge in [0.1, 0.15) is 0 Å². The minimum absolute atomic E-state index is 0.519. The standard InChI is InChI=1S/C20H25N/c1-16(2)15-21-14-13-17(3)19-11-7-8-12-20(19)18-9-5-4-6-10-18/h4-12,15-17H,13-14H2,1-3H3. The number of aliphatic imine (C=N–C) groups is 1. The first-order valence-corrected chi connectivity index (χ1v) is 7.82. The lowest BCUT2D eigenvalue weighted by atomic mass is 9.90. The summed E-state index contributed by atoms with van der Waals surface area (Å²) in [6.07, 6.45) is 3.14. The van der Waals surface area contributed by atoms with Gasteiger partial charge in [0.25, 0.3) is 0 Å². The fraction of sp³-hybridized carbons (Fsp3) is 0.350. The fourth-order valence-corrected chi connectivity index (χ4v) is 2.52. The molecule has 0 aromatic heterocycles. The Balaban J connectivity index is 2.13. The molecule has 1 heteroatoms. The van der Waals surface area contributed by atoms with Crippen molar-refractivity contribution in [2.75, 3.05) is 6.54 Å². The van der Waals surface area contributed by atoms with E-state index in [1.54, 1.807) is 0 Å². The van der Waals surface area contributed by atoms with E-state index in [1.165, 1.54) is 16.7 Å². The molecule has 0 aliphatic carbocycles. The predicted octanol–water partition coefficient (Wildman–Crippen LogP) is 5.57. The minimum atomic E-state index is 0.519. The highest BCUT2D eigenvalue weighted by atomic mass is 14.7. The molecular weight excluding hydrogens is 254 g/mol. The van der Waals surface area contributed by atoms with Gasteiger partial charge < -0.3 is 0 Å². The van der Waals surface area contributed by atoms with Crippen molar-refractivity contribution in [3.63, 3.8) is 0 Å². The highest BCUT2D eigenvalue weighted by Crippen LogP contribution is 2.30. The zero-order valence-electron chi connectivity index (χ0n) is 13.3. The molecule has 21 heavy (non-hydrogen) atoms. The summed E-state index contributed by atoms with van der Waals surface area (Å²) in [5.41, 5.74) is 4.06. The molecule has 0 saturated heterocycles. The van der Waals surface area contributed by atoms with Crippen molar-refractivity contribution in [1.29, 1.82) is 0 Å². The number of nitrogens with zero attached hydrogens (tertiary/aromatic N) is 1. The maximum absolute atomic E-state index is 4.51. The third kappa shape index (κ3) is 4.56. The molecule has 0 aliphatic rings. The van der Waals surface area contributed by atoms with Gasteiger partial charge in [-0.15, -0.1) is 0 Å². The molecule has 1 unspecified atom stereocenters. The van der Waals surface area contributed by atoms with Gasteiger partial charge in [-0.25, -0.2) is 0 Å². The highest BCUT2D eigenvalue weighted by Gasteiger charge is 2.10. The van der Waals surface area contributed by atoms with Gasteiger partial charge in [0, 0.05) is 12.8 Å². The van der Waals surface area contributed by atoms with E-state index in [1.807, 2.05) is 0 Å². The van der Waals surface area contributed by atoms with Crippen LogP contribution in [0.15, 0.2) is 59.6 Å². The molecule has 1 atom stereocenters. The van der Waals surface area contributed by atoms with Crippen LogP contribution in [0.3, 0.4) is 0 Å². The van der Waals surface area contributed by atoms with Gasteiger partial charge in [-0.3, -0.25) is 4.99 Å². The molecule has 2 aromatic rings. The van der Waals surface area contributed by atoms with E-state index in [9.17, 15) is 0 Å². The van der Waals surface area contributed by atoms with E-state index < -0.39 is 0 Å². The van der Waals surface area contributed by atoms with Gasteiger partial charge in [0.15, 0.2) is 0 Å². The third-order valence-corrected chi connectivity index (χ3v) is 3.67. The average Bonchev–Trinajstić information content (AvgIpc) is 2.52. The molecule has 110 valence electrons. The Kier molecular flexibility index (Phi) is 5.74. The van der Waals surface area contributed by atoms with Crippen LogP contribution in [0.5, 0.6) is 0 Å². The molecule has 2 aromatic carbocycles. The maximum atomic E-state index is 4.51. The van der Waals surface area contributed by atoms with Crippen LogP contribution in [0.2, 0.25) is 0 Å². The molecule has 0 N–H and O–H groups in total. The first-order chi connectivity index (χ1) is 10.2. The zero-order chi connectivity index (χ0) is 15.1. The van der Waals surface area contributed by atoms with Crippen LogP contribution in [0.4, 0.5) is 0 Å². The maximum Gasteiger partial charge on any atom is 0.0391 e. The van der Waals surface area contributed by atoms with E-state index in [2.05, 4.69) is 86.6 Å². The molecule has 0 saturated carbocycles. The van der Waals surface area contributed by atoms with Crippen molar-refractivity contribution >= 4 is 6.21 Å². The molecule has 0 radical (unpaired) electrons. The van der Waals surface area contributed by atoms with Gasteiger partial charge in [-0.1, -0.05) is 75.4 Å². The van der Waals surface area contributed by atoms with Crippen LogP contribution in [0.1, 0.15) is 38.7 Å². The van der Waals surface area contributed by atoms with Crippen LogP contribution < -0.4 is 0 Å². The minimum Gasteiger partial charge on any atom is -0.297 e. The SMILES string of the molecule is CC(C)C=NCCC(C)c1ccccc1-c1ccccc1. The van der Waals surface area contributed by atoms with Gasteiger partial charge in [0.2, 0.25) is 0 Å². The Morgan fingerprint density at radius 1 is 0.905 bits per heavy atom. The Morgan fingerprint density at radius 3 is 2.29 bits per heavy atom. The van der Waals surface area contributed by atoms with Gasteiger partial charge >= 0.3 is 0 Å². The Hall–Kier alpha value is -1.89. The van der Waals surface area contributed by atoms with Gasteiger partial charge in [-0.2, -0.15) is 0 Å². The summed E-state index contributed by atoms with van der Waals surface area (Å²) in [5.74, 6) is 1.06. The molecule has 0 spiro atoms. The largest absolute Gasteiger partial charge is 0.297 e. The van der Waals surface area contributed by atoms with Crippen molar-refractivity contribution < 1.29 is 0 Å². The van der Waals surface area contributed by atoms with E-state index in [4.69, 9.17) is 0 Å². The summed E-state index contributed by atoms with van der Waals surface area (Å²) in [7, 11) is 0. The van der Waals surface area contributed by atoms with Crippen molar-refractivity contribution in [3.05, 3.63) is 60.2 Å². The quantitative estimate of drug-likeness (QED) is 0.613. The van der Waals surface area contributed by atoms with Gasteiger partial charge in [0.05, 0.1) is 0 Å². The monoisotopic (exact) mass is 279 g/mol. The molecule has 0 aliphatic heterocycles. The number of hydrogen-bond acceptors (Lipinski definition) is 1. The second-order valence-electron chi connectivity index (χ2n) is 5.94. The van der Waals surface area contributed by atoms with E-state index >= 15 is 0 Å². The summed E-state index contributed by atoms with van der Waals surface area (Å²) in [6.45, 7) is 7.53. The van der Waals surface area contributed by atoms with Crippen LogP contribution in [0, 0.1) is 5.92 Å². The second kappa shape index (κ2) is 7.78. The van der Waals surface area contributed by atoms with Crippen LogP contribution in [-0.4, -0.2) is 12.8 Å². The summed E-state index contributed by atoms with van der Waals surface area (Å²) in [5, 5.41) is 0. The van der Waals surface area contributed by atoms with Crippen molar-refractivity contribution in [2.24, 2.45) is 10.9 Å². The highest BCUT2D eigenvalue weighted by molar-refractivity contribution is 5.67. The van der Waals surface area contributed by atoms with E-state index in [0.29, 0.717) is 11.8 Å². The molecule has 1 nitrogen and oxygen atoms in total. The molecule has 0 bridgehead atoms. The Morgan fingerprint density at radius 2 is 1.57 bits per heavy atom. The number of hydrogen-bond donors (Lipinski definition) is 0. The summed E-state index contributed by atoms with van der Waals surface area (Å²) in [4.78, 5) is 4.51. The molecule has 0 heterocycles. The topological polar surface area (TPSA) is 12.4 Å². The Bertz CT molecular complexity index is 569. The predicted molar refractivity (Wildman–Crippen MR) is 93.1 cm³/mol. The molecule has 0 amide bonds. The molecule has 2 rings (SSSR count). The second-order valence-corrected chi connectivity index (χ2v) is 5.94. The lowest BCUT2D eigenvalue weighted by Gasteiger charge is -2.16. The van der Waals surface area contributed by atoms with E-state index in [0.717, 1.165) is 13.0 Å². The van der Waals surface area contributed by atoms with Crippen LogP contribution in [0.25, 0.3) is 11.1 Å². The first kappa shape index (κ1) is 15.5. The normalized spacial score (nSPS) is 13.0. The summed E-state index contributed by atoms with van der Waals surface area (Å²) >= 11 is 0. The first-order valence-electron chi connectivity index (χ1n) is 7.82. The van der Waals surface area contributed by atoms with Gasteiger partial charge in [-0.05, 0) is 34.9 Å². The smallest absolute Gasteiger partial charge is 0.0391 e. The molecule has 0 fully saturated rings. The Labute approximate surface area is 128 Å². The lowest BCUT2D eigenvalue weighted by Crippen LogP contribution is -1.99. The van der Waals surface area contributed by atoms with Crippen molar-refractivity contribution in [2.45, 2.75) is 33.1 Å². The lowest BCUT2D eigenvalue weighted by molar-refractivity contribution is 0.691. The summed E-state index contributed by atoms with van der Waals surface area (Å²) in [6, 6.07) is 19.4. The summed E-state index contributed by atoms with van der Waals surface area (Å²) < 4.78 is 0. The fourth-order valence-electron chi connectivity index (χ4n) is 2.52. The van der Waals surface area contributed by atoms with E-state index in [-0.39, 0.29) is 0 Å². The molecular formula is C20H25N.